The Balaban J connectivity index is 2.57. The lowest BCUT2D eigenvalue weighted by molar-refractivity contribution is 0.574. The number of hydrogen-bond donors (Lipinski definition) is 1. The van der Waals surface area contributed by atoms with Crippen LogP contribution in [-0.4, -0.2) is 0 Å². The minimum absolute atomic E-state index is 0.141. The molecular formula is C11H14FN. The van der Waals surface area contributed by atoms with Crippen LogP contribution in [0.1, 0.15) is 29.5 Å². The van der Waals surface area contributed by atoms with Gasteiger partial charge in [-0.3, -0.25) is 0 Å². The number of nitrogens with two attached hydrogens (primary N) is 1. The highest BCUT2D eigenvalue weighted by molar-refractivity contribution is 5.40. The van der Waals surface area contributed by atoms with Gasteiger partial charge in [-0.05, 0) is 43.9 Å². The molecule has 1 saturated carbocycles. The minimum Gasteiger partial charge on any atom is -0.321 e. The molecule has 1 aromatic carbocycles. The van der Waals surface area contributed by atoms with E-state index in [9.17, 15) is 4.39 Å². The molecule has 0 radical (unpaired) electrons. The van der Waals surface area contributed by atoms with Crippen molar-refractivity contribution in [3.63, 3.8) is 0 Å². The van der Waals surface area contributed by atoms with Crippen LogP contribution in [0, 0.1) is 19.7 Å². The van der Waals surface area contributed by atoms with E-state index in [1.165, 1.54) is 0 Å². The van der Waals surface area contributed by atoms with Crippen molar-refractivity contribution in [3.8, 4) is 0 Å². The van der Waals surface area contributed by atoms with Crippen LogP contribution in [0.3, 0.4) is 0 Å². The summed E-state index contributed by atoms with van der Waals surface area (Å²) in [5.74, 6) is -0.141. The molecule has 1 nitrogen and oxygen atoms in total. The third kappa shape index (κ3) is 1.35. The fourth-order valence-electron chi connectivity index (χ4n) is 1.93. The highest BCUT2D eigenvalue weighted by Gasteiger charge is 2.43. The fraction of sp³-hybridized carbons (Fsp3) is 0.455. The Morgan fingerprint density at radius 2 is 1.92 bits per heavy atom. The zero-order chi connectivity index (χ0) is 9.64. The summed E-state index contributed by atoms with van der Waals surface area (Å²) in [6.45, 7) is 3.83. The zero-order valence-corrected chi connectivity index (χ0v) is 8.02. The number of hydrogen-bond acceptors (Lipinski definition) is 1. The normalized spacial score (nSPS) is 18.8. The molecule has 0 heterocycles. The van der Waals surface area contributed by atoms with Gasteiger partial charge in [0.25, 0.3) is 0 Å². The van der Waals surface area contributed by atoms with Crippen molar-refractivity contribution in [1.29, 1.82) is 0 Å². The Bertz CT molecular complexity index is 330. The average molecular weight is 179 g/mol. The van der Waals surface area contributed by atoms with E-state index in [-0.39, 0.29) is 11.4 Å². The predicted molar refractivity (Wildman–Crippen MR) is 51.0 cm³/mol. The largest absolute Gasteiger partial charge is 0.321 e. The predicted octanol–water partition coefficient (Wildman–Crippen LogP) is 2.39. The number of halogens is 1. The summed E-state index contributed by atoms with van der Waals surface area (Å²) in [6, 6.07) is 3.56. The Kier molecular flexibility index (Phi) is 1.70. The molecule has 2 rings (SSSR count). The van der Waals surface area contributed by atoms with E-state index in [2.05, 4.69) is 0 Å². The van der Waals surface area contributed by atoms with E-state index in [0.29, 0.717) is 0 Å². The van der Waals surface area contributed by atoms with Crippen molar-refractivity contribution in [2.45, 2.75) is 32.2 Å². The fourth-order valence-corrected chi connectivity index (χ4v) is 1.93. The maximum Gasteiger partial charge on any atom is 0.128 e. The lowest BCUT2D eigenvalue weighted by Gasteiger charge is -2.14. The second-order valence-corrected chi connectivity index (χ2v) is 4.09. The zero-order valence-electron chi connectivity index (χ0n) is 8.02. The van der Waals surface area contributed by atoms with Gasteiger partial charge in [-0.15, -0.1) is 0 Å². The lowest BCUT2D eigenvalue weighted by Crippen LogP contribution is -2.21. The van der Waals surface area contributed by atoms with Gasteiger partial charge in [0.15, 0.2) is 0 Å². The van der Waals surface area contributed by atoms with Crippen molar-refractivity contribution < 1.29 is 4.39 Å². The molecule has 1 aliphatic rings. The third-order valence-corrected chi connectivity index (χ3v) is 2.72. The van der Waals surface area contributed by atoms with Crippen molar-refractivity contribution >= 4 is 0 Å². The second-order valence-electron chi connectivity index (χ2n) is 4.09. The SMILES string of the molecule is Cc1cc(C)c(C2(N)CC2)c(F)c1. The van der Waals surface area contributed by atoms with Crippen LogP contribution in [0.15, 0.2) is 12.1 Å². The Labute approximate surface area is 77.8 Å². The molecule has 1 fully saturated rings. The smallest absolute Gasteiger partial charge is 0.128 e. The lowest BCUT2D eigenvalue weighted by atomic mass is 9.97. The molecule has 2 N–H and O–H groups in total. The molecule has 0 amide bonds. The van der Waals surface area contributed by atoms with E-state index in [0.717, 1.165) is 29.5 Å². The summed E-state index contributed by atoms with van der Waals surface area (Å²) in [4.78, 5) is 0. The van der Waals surface area contributed by atoms with E-state index in [1.54, 1.807) is 6.07 Å². The highest BCUT2D eigenvalue weighted by atomic mass is 19.1. The van der Waals surface area contributed by atoms with Crippen LogP contribution in [0.25, 0.3) is 0 Å². The Hall–Kier alpha value is -0.890. The van der Waals surface area contributed by atoms with Gasteiger partial charge in [-0.1, -0.05) is 6.07 Å². The minimum atomic E-state index is -0.359. The highest BCUT2D eigenvalue weighted by Crippen LogP contribution is 2.45. The topological polar surface area (TPSA) is 26.0 Å². The monoisotopic (exact) mass is 179 g/mol. The Morgan fingerprint density at radius 1 is 1.31 bits per heavy atom. The average Bonchev–Trinajstić information content (AvgIpc) is 2.65. The summed E-state index contributed by atoms with van der Waals surface area (Å²) in [5, 5.41) is 0. The van der Waals surface area contributed by atoms with Crippen molar-refractivity contribution in [2.24, 2.45) is 5.73 Å². The first-order valence-electron chi connectivity index (χ1n) is 4.59. The van der Waals surface area contributed by atoms with Gasteiger partial charge < -0.3 is 5.73 Å². The first-order chi connectivity index (χ1) is 6.03. The molecule has 0 unspecified atom stereocenters. The van der Waals surface area contributed by atoms with E-state index < -0.39 is 0 Å². The molecule has 1 aromatic rings. The molecule has 0 aromatic heterocycles. The summed E-state index contributed by atoms with van der Waals surface area (Å²) < 4.78 is 13.6. The van der Waals surface area contributed by atoms with Gasteiger partial charge in [-0.2, -0.15) is 0 Å². The Morgan fingerprint density at radius 3 is 2.38 bits per heavy atom. The maximum atomic E-state index is 13.6. The van der Waals surface area contributed by atoms with Crippen LogP contribution >= 0.6 is 0 Å². The van der Waals surface area contributed by atoms with Crippen LogP contribution in [-0.2, 0) is 5.54 Å². The molecule has 2 heteroatoms. The molecular weight excluding hydrogens is 165 g/mol. The number of benzene rings is 1. The van der Waals surface area contributed by atoms with Gasteiger partial charge in [-0.25, -0.2) is 4.39 Å². The molecule has 0 spiro atoms. The van der Waals surface area contributed by atoms with Crippen LogP contribution in [0.2, 0.25) is 0 Å². The van der Waals surface area contributed by atoms with Gasteiger partial charge in [0.2, 0.25) is 0 Å². The summed E-state index contributed by atoms with van der Waals surface area (Å²) in [6.07, 6.45) is 1.82. The number of aryl methyl sites for hydroxylation is 2. The molecule has 0 bridgehead atoms. The van der Waals surface area contributed by atoms with E-state index in [4.69, 9.17) is 5.73 Å². The van der Waals surface area contributed by atoms with Crippen molar-refractivity contribution in [3.05, 3.63) is 34.6 Å². The molecule has 0 aliphatic heterocycles. The number of rotatable bonds is 1. The maximum absolute atomic E-state index is 13.6. The quantitative estimate of drug-likeness (QED) is 0.703. The van der Waals surface area contributed by atoms with Crippen LogP contribution < -0.4 is 5.73 Å². The van der Waals surface area contributed by atoms with Crippen LogP contribution in [0.4, 0.5) is 4.39 Å². The second kappa shape index (κ2) is 2.55. The van der Waals surface area contributed by atoms with Crippen molar-refractivity contribution in [2.75, 3.05) is 0 Å². The summed E-state index contributed by atoms with van der Waals surface area (Å²) in [7, 11) is 0. The summed E-state index contributed by atoms with van der Waals surface area (Å²) in [5.41, 5.74) is 8.29. The van der Waals surface area contributed by atoms with E-state index >= 15 is 0 Å². The standard InChI is InChI=1S/C11H14FN/c1-7-5-8(2)10(9(12)6-7)11(13)3-4-11/h5-6H,3-4,13H2,1-2H3. The van der Waals surface area contributed by atoms with Crippen LogP contribution in [0.5, 0.6) is 0 Å². The van der Waals surface area contributed by atoms with Gasteiger partial charge in [0.05, 0.1) is 0 Å². The molecule has 70 valence electrons. The molecule has 1 aliphatic carbocycles. The van der Waals surface area contributed by atoms with E-state index in [1.807, 2.05) is 19.9 Å². The molecule has 0 atom stereocenters. The first kappa shape index (κ1) is 8.70. The van der Waals surface area contributed by atoms with Gasteiger partial charge in [0.1, 0.15) is 5.82 Å². The van der Waals surface area contributed by atoms with Crippen molar-refractivity contribution in [1.82, 2.24) is 0 Å². The first-order valence-corrected chi connectivity index (χ1v) is 4.59. The summed E-state index contributed by atoms with van der Waals surface area (Å²) >= 11 is 0. The molecule has 0 saturated heterocycles. The molecule has 13 heavy (non-hydrogen) atoms. The van der Waals surface area contributed by atoms with Gasteiger partial charge >= 0.3 is 0 Å². The third-order valence-electron chi connectivity index (χ3n) is 2.72. The van der Waals surface area contributed by atoms with Gasteiger partial charge in [0, 0.05) is 11.1 Å².